The molecule has 0 saturated heterocycles. The smallest absolute Gasteiger partial charge is 0.416 e. The number of pyridine rings is 1. The predicted octanol–water partition coefficient (Wildman–Crippen LogP) is 6.53. The van der Waals surface area contributed by atoms with Crippen LogP contribution in [0.3, 0.4) is 0 Å². The SMILES string of the molecule is CCc1cccc(CC)c1-c1cc(OC)c(CN(C)Cc2ccccc2C(F)(F)F)cn1. The Kier molecular flexibility index (Phi) is 7.56. The predicted molar refractivity (Wildman–Crippen MR) is 122 cm³/mol. The van der Waals surface area contributed by atoms with E-state index in [0.717, 1.165) is 35.7 Å². The summed E-state index contributed by atoms with van der Waals surface area (Å²) in [4.78, 5) is 6.54. The molecule has 0 aliphatic rings. The van der Waals surface area contributed by atoms with Gasteiger partial charge in [-0.05, 0) is 42.6 Å². The van der Waals surface area contributed by atoms with Crippen LogP contribution in [0.15, 0.2) is 54.7 Å². The number of benzene rings is 2. The van der Waals surface area contributed by atoms with Crippen molar-refractivity contribution in [1.82, 2.24) is 9.88 Å². The number of aromatic nitrogens is 1. The van der Waals surface area contributed by atoms with Crippen LogP contribution >= 0.6 is 0 Å². The largest absolute Gasteiger partial charge is 0.496 e. The van der Waals surface area contributed by atoms with Crippen molar-refractivity contribution in [3.05, 3.63) is 82.5 Å². The topological polar surface area (TPSA) is 25.4 Å². The highest BCUT2D eigenvalue weighted by Gasteiger charge is 2.33. The quantitative estimate of drug-likeness (QED) is 0.396. The van der Waals surface area contributed by atoms with Gasteiger partial charge in [0.1, 0.15) is 5.75 Å². The van der Waals surface area contributed by atoms with Crippen molar-refractivity contribution < 1.29 is 17.9 Å². The van der Waals surface area contributed by atoms with Crippen LogP contribution in [0.4, 0.5) is 13.2 Å². The Balaban J connectivity index is 1.87. The van der Waals surface area contributed by atoms with Crippen LogP contribution < -0.4 is 4.74 Å². The minimum atomic E-state index is -4.37. The Morgan fingerprint density at radius 2 is 1.47 bits per heavy atom. The summed E-state index contributed by atoms with van der Waals surface area (Å²) in [6.45, 7) is 4.83. The van der Waals surface area contributed by atoms with Gasteiger partial charge in [-0.1, -0.05) is 50.2 Å². The summed E-state index contributed by atoms with van der Waals surface area (Å²) >= 11 is 0. The second-order valence-electron chi connectivity index (χ2n) is 7.87. The van der Waals surface area contributed by atoms with Crippen molar-refractivity contribution >= 4 is 0 Å². The molecule has 0 bridgehead atoms. The standard InChI is InChI=1S/C26H29F3N2O/c1-5-18-11-9-12-19(6-2)25(18)23-14-24(32-4)21(15-30-23)17-31(3)16-20-10-7-8-13-22(20)26(27,28)29/h7-15H,5-6,16-17H2,1-4H3. The number of rotatable bonds is 8. The second kappa shape index (κ2) is 10.2. The minimum absolute atomic E-state index is 0.166. The Hall–Kier alpha value is -2.86. The highest BCUT2D eigenvalue weighted by atomic mass is 19.4. The Morgan fingerprint density at radius 1 is 0.875 bits per heavy atom. The van der Waals surface area contributed by atoms with Gasteiger partial charge in [-0.2, -0.15) is 13.2 Å². The molecule has 0 amide bonds. The first kappa shape index (κ1) is 23.8. The third-order valence-electron chi connectivity index (χ3n) is 5.62. The normalized spacial score (nSPS) is 11.8. The van der Waals surface area contributed by atoms with Crippen molar-refractivity contribution in [2.75, 3.05) is 14.2 Å². The molecule has 0 unspecified atom stereocenters. The molecule has 0 radical (unpaired) electrons. The number of methoxy groups -OCH3 is 1. The molecule has 1 aromatic heterocycles. The molecule has 3 nitrogen and oxygen atoms in total. The number of nitrogens with zero attached hydrogens (tertiary/aromatic N) is 2. The number of hydrogen-bond acceptors (Lipinski definition) is 3. The molecule has 0 atom stereocenters. The van der Waals surface area contributed by atoms with Gasteiger partial charge in [-0.15, -0.1) is 0 Å². The van der Waals surface area contributed by atoms with Crippen LogP contribution in [0, 0.1) is 0 Å². The fraction of sp³-hybridized carbons (Fsp3) is 0.346. The van der Waals surface area contributed by atoms with Gasteiger partial charge in [0.2, 0.25) is 0 Å². The zero-order valence-corrected chi connectivity index (χ0v) is 19.0. The molecule has 170 valence electrons. The molecule has 0 fully saturated rings. The van der Waals surface area contributed by atoms with Crippen LogP contribution in [0.5, 0.6) is 5.75 Å². The zero-order chi connectivity index (χ0) is 23.3. The number of hydrogen-bond donors (Lipinski definition) is 0. The van der Waals surface area contributed by atoms with Gasteiger partial charge >= 0.3 is 6.18 Å². The number of alkyl halides is 3. The molecule has 2 aromatic carbocycles. The van der Waals surface area contributed by atoms with Crippen molar-refractivity contribution in [3.8, 4) is 17.0 Å². The summed E-state index contributed by atoms with van der Waals surface area (Å²) in [5.74, 6) is 0.680. The Morgan fingerprint density at radius 3 is 2.06 bits per heavy atom. The molecule has 0 N–H and O–H groups in total. The lowest BCUT2D eigenvalue weighted by Gasteiger charge is -2.21. The number of aryl methyl sites for hydroxylation is 2. The highest BCUT2D eigenvalue weighted by Crippen LogP contribution is 2.34. The highest BCUT2D eigenvalue weighted by molar-refractivity contribution is 5.69. The lowest BCUT2D eigenvalue weighted by Crippen LogP contribution is -2.20. The molecule has 32 heavy (non-hydrogen) atoms. The van der Waals surface area contributed by atoms with Gasteiger partial charge in [0.05, 0.1) is 18.4 Å². The third-order valence-corrected chi connectivity index (χ3v) is 5.62. The summed E-state index contributed by atoms with van der Waals surface area (Å²) in [6.07, 6.45) is -0.805. The van der Waals surface area contributed by atoms with Crippen molar-refractivity contribution in [2.24, 2.45) is 0 Å². The minimum Gasteiger partial charge on any atom is -0.496 e. The van der Waals surface area contributed by atoms with E-state index < -0.39 is 11.7 Å². The van der Waals surface area contributed by atoms with Gasteiger partial charge in [0, 0.05) is 36.5 Å². The maximum atomic E-state index is 13.3. The van der Waals surface area contributed by atoms with E-state index in [0.29, 0.717) is 12.3 Å². The lowest BCUT2D eigenvalue weighted by molar-refractivity contribution is -0.138. The van der Waals surface area contributed by atoms with E-state index in [1.54, 1.807) is 26.4 Å². The molecule has 3 aromatic rings. The van der Waals surface area contributed by atoms with Crippen molar-refractivity contribution in [2.45, 2.75) is 46.0 Å². The van der Waals surface area contributed by atoms with Gasteiger partial charge in [0.25, 0.3) is 0 Å². The van der Waals surface area contributed by atoms with E-state index in [4.69, 9.17) is 9.72 Å². The van der Waals surface area contributed by atoms with Crippen LogP contribution in [0.25, 0.3) is 11.3 Å². The van der Waals surface area contributed by atoms with E-state index in [1.807, 2.05) is 11.0 Å². The second-order valence-corrected chi connectivity index (χ2v) is 7.87. The molecular weight excluding hydrogens is 413 g/mol. The van der Waals surface area contributed by atoms with E-state index in [2.05, 4.69) is 32.0 Å². The fourth-order valence-corrected chi connectivity index (χ4v) is 4.05. The van der Waals surface area contributed by atoms with Gasteiger partial charge in [0.15, 0.2) is 0 Å². The summed E-state index contributed by atoms with van der Waals surface area (Å²) in [7, 11) is 3.40. The van der Waals surface area contributed by atoms with Crippen LogP contribution in [0.1, 0.15) is 41.7 Å². The zero-order valence-electron chi connectivity index (χ0n) is 19.0. The van der Waals surface area contributed by atoms with E-state index in [9.17, 15) is 13.2 Å². The van der Waals surface area contributed by atoms with Gasteiger partial charge in [-0.25, -0.2) is 0 Å². The molecule has 1 heterocycles. The number of halogens is 3. The first-order valence-corrected chi connectivity index (χ1v) is 10.8. The maximum Gasteiger partial charge on any atom is 0.416 e. The Labute approximate surface area is 187 Å². The van der Waals surface area contributed by atoms with Crippen LogP contribution in [-0.2, 0) is 32.1 Å². The Bertz CT molecular complexity index is 1040. The molecule has 0 aliphatic carbocycles. The van der Waals surface area contributed by atoms with Crippen molar-refractivity contribution in [1.29, 1.82) is 0 Å². The summed E-state index contributed by atoms with van der Waals surface area (Å²) < 4.78 is 45.6. The summed E-state index contributed by atoms with van der Waals surface area (Å²) in [5.41, 5.74) is 4.92. The van der Waals surface area contributed by atoms with Crippen molar-refractivity contribution in [3.63, 3.8) is 0 Å². The first-order valence-electron chi connectivity index (χ1n) is 10.8. The van der Waals surface area contributed by atoms with Crippen LogP contribution in [-0.4, -0.2) is 24.0 Å². The maximum absolute atomic E-state index is 13.3. The molecule has 0 spiro atoms. The first-order chi connectivity index (χ1) is 15.3. The van der Waals surface area contributed by atoms with E-state index in [-0.39, 0.29) is 12.1 Å². The third kappa shape index (κ3) is 5.30. The molecule has 0 saturated carbocycles. The fourth-order valence-electron chi connectivity index (χ4n) is 4.05. The molecule has 3 rings (SSSR count). The summed E-state index contributed by atoms with van der Waals surface area (Å²) in [6, 6.07) is 13.9. The molecule has 6 heteroatoms. The van der Waals surface area contributed by atoms with E-state index in [1.165, 1.54) is 23.3 Å². The molecular formula is C26H29F3N2O. The van der Waals surface area contributed by atoms with Crippen LogP contribution in [0.2, 0.25) is 0 Å². The van der Waals surface area contributed by atoms with Gasteiger partial charge in [-0.3, -0.25) is 9.88 Å². The van der Waals surface area contributed by atoms with Gasteiger partial charge < -0.3 is 4.74 Å². The average Bonchev–Trinajstić information content (AvgIpc) is 2.78. The average molecular weight is 443 g/mol. The summed E-state index contributed by atoms with van der Waals surface area (Å²) in [5, 5.41) is 0. The van der Waals surface area contributed by atoms with E-state index >= 15 is 0 Å². The monoisotopic (exact) mass is 442 g/mol. The number of ether oxygens (including phenoxy) is 1. The molecule has 0 aliphatic heterocycles. The lowest BCUT2D eigenvalue weighted by atomic mass is 9.94.